The standard InChI is InChI=1S/C14H19BrN2O3S/c1-2-14(18)16-11-7-9-17(10-8-11)21(19,20)13-6-4-3-5-12(13)15/h3-6,11H,2,7-10H2,1H3,(H,16,18). The Hall–Kier alpha value is -0.920. The minimum atomic E-state index is -3.48. The van der Waals surface area contributed by atoms with Crippen LogP contribution in [0.2, 0.25) is 0 Å². The van der Waals surface area contributed by atoms with Crippen LogP contribution in [0, 0.1) is 0 Å². The molecule has 1 aliphatic heterocycles. The van der Waals surface area contributed by atoms with E-state index in [9.17, 15) is 13.2 Å². The van der Waals surface area contributed by atoms with E-state index in [1.54, 1.807) is 24.3 Å². The number of nitrogens with zero attached hydrogens (tertiary/aromatic N) is 1. The van der Waals surface area contributed by atoms with Crippen LogP contribution < -0.4 is 5.32 Å². The van der Waals surface area contributed by atoms with Crippen molar-refractivity contribution in [1.82, 2.24) is 9.62 Å². The van der Waals surface area contributed by atoms with Gasteiger partial charge < -0.3 is 5.32 Å². The lowest BCUT2D eigenvalue weighted by Crippen LogP contribution is -2.46. The van der Waals surface area contributed by atoms with E-state index in [4.69, 9.17) is 0 Å². The minimum Gasteiger partial charge on any atom is -0.353 e. The molecule has 1 aromatic rings. The summed E-state index contributed by atoms with van der Waals surface area (Å²) in [5.74, 6) is 0.0158. The number of halogens is 1. The van der Waals surface area contributed by atoms with E-state index in [1.807, 2.05) is 6.92 Å². The fraction of sp³-hybridized carbons (Fsp3) is 0.500. The van der Waals surface area contributed by atoms with Crippen molar-refractivity contribution in [3.05, 3.63) is 28.7 Å². The molecule has 21 heavy (non-hydrogen) atoms. The van der Waals surface area contributed by atoms with E-state index >= 15 is 0 Å². The summed E-state index contributed by atoms with van der Waals surface area (Å²) in [6, 6.07) is 6.90. The maximum atomic E-state index is 12.6. The Morgan fingerprint density at radius 2 is 1.95 bits per heavy atom. The van der Waals surface area contributed by atoms with Crippen LogP contribution in [0.1, 0.15) is 26.2 Å². The molecular weight excluding hydrogens is 356 g/mol. The van der Waals surface area contributed by atoms with E-state index in [0.29, 0.717) is 41.7 Å². The van der Waals surface area contributed by atoms with E-state index in [-0.39, 0.29) is 11.9 Å². The highest BCUT2D eigenvalue weighted by molar-refractivity contribution is 9.10. The van der Waals surface area contributed by atoms with Gasteiger partial charge >= 0.3 is 0 Å². The molecule has 1 aromatic carbocycles. The third-order valence-electron chi connectivity index (χ3n) is 3.59. The van der Waals surface area contributed by atoms with Gasteiger partial charge in [0, 0.05) is 30.0 Å². The van der Waals surface area contributed by atoms with E-state index in [2.05, 4.69) is 21.2 Å². The van der Waals surface area contributed by atoms with Gasteiger partial charge in [0.2, 0.25) is 15.9 Å². The van der Waals surface area contributed by atoms with Crippen molar-refractivity contribution in [3.63, 3.8) is 0 Å². The van der Waals surface area contributed by atoms with Gasteiger partial charge in [-0.3, -0.25) is 4.79 Å². The number of carbonyl (C=O) groups is 1. The number of hydrogen-bond donors (Lipinski definition) is 1. The molecule has 1 heterocycles. The molecule has 116 valence electrons. The number of carbonyl (C=O) groups excluding carboxylic acids is 1. The Balaban J connectivity index is 2.05. The zero-order valence-corrected chi connectivity index (χ0v) is 14.3. The smallest absolute Gasteiger partial charge is 0.244 e. The van der Waals surface area contributed by atoms with Crippen molar-refractivity contribution in [1.29, 1.82) is 0 Å². The maximum Gasteiger partial charge on any atom is 0.244 e. The van der Waals surface area contributed by atoms with Gasteiger partial charge in [0.05, 0.1) is 4.90 Å². The molecule has 1 saturated heterocycles. The number of benzene rings is 1. The predicted octanol–water partition coefficient (Wildman–Crippen LogP) is 2.13. The van der Waals surface area contributed by atoms with Gasteiger partial charge in [-0.1, -0.05) is 19.1 Å². The van der Waals surface area contributed by atoms with Crippen LogP contribution >= 0.6 is 15.9 Å². The zero-order chi connectivity index (χ0) is 15.5. The molecule has 0 unspecified atom stereocenters. The van der Waals surface area contributed by atoms with Crippen molar-refractivity contribution < 1.29 is 13.2 Å². The summed E-state index contributed by atoms with van der Waals surface area (Å²) in [5.41, 5.74) is 0. The Kier molecular flexibility index (Phi) is 5.40. The average Bonchev–Trinajstić information content (AvgIpc) is 2.48. The quantitative estimate of drug-likeness (QED) is 0.877. The first-order valence-corrected chi connectivity index (χ1v) is 9.22. The monoisotopic (exact) mass is 374 g/mol. The van der Waals surface area contributed by atoms with Crippen LogP contribution in [-0.2, 0) is 14.8 Å². The molecule has 0 aromatic heterocycles. The number of rotatable bonds is 4. The van der Waals surface area contributed by atoms with Gasteiger partial charge in [-0.2, -0.15) is 4.31 Å². The van der Waals surface area contributed by atoms with Crippen LogP contribution in [0.15, 0.2) is 33.6 Å². The molecule has 7 heteroatoms. The minimum absolute atomic E-state index is 0.0158. The van der Waals surface area contributed by atoms with Gasteiger partial charge in [-0.25, -0.2) is 8.42 Å². The van der Waals surface area contributed by atoms with Gasteiger partial charge in [-0.05, 0) is 40.9 Å². The fourth-order valence-electron chi connectivity index (χ4n) is 2.36. The summed E-state index contributed by atoms with van der Waals surface area (Å²) in [4.78, 5) is 11.7. The summed E-state index contributed by atoms with van der Waals surface area (Å²) in [6.07, 6.45) is 1.75. The molecule has 0 aliphatic carbocycles. The second kappa shape index (κ2) is 6.89. The molecule has 1 fully saturated rings. The van der Waals surface area contributed by atoms with Crippen molar-refractivity contribution in [2.45, 2.75) is 37.1 Å². The summed E-state index contributed by atoms with van der Waals surface area (Å²) < 4.78 is 27.3. The summed E-state index contributed by atoms with van der Waals surface area (Å²) in [5, 5.41) is 2.92. The summed E-state index contributed by atoms with van der Waals surface area (Å²) in [7, 11) is -3.48. The second-order valence-corrected chi connectivity index (χ2v) is 7.79. The van der Waals surface area contributed by atoms with E-state index in [0.717, 1.165) is 0 Å². The molecule has 0 bridgehead atoms. The van der Waals surface area contributed by atoms with E-state index < -0.39 is 10.0 Å². The van der Waals surface area contributed by atoms with Crippen molar-refractivity contribution in [3.8, 4) is 0 Å². The van der Waals surface area contributed by atoms with Gasteiger partial charge in [0.25, 0.3) is 0 Å². The van der Waals surface area contributed by atoms with Crippen molar-refractivity contribution in [2.75, 3.05) is 13.1 Å². The Morgan fingerprint density at radius 3 is 2.52 bits per heavy atom. The lowest BCUT2D eigenvalue weighted by molar-refractivity contribution is -0.121. The second-order valence-electron chi connectivity index (χ2n) is 5.03. The Bertz CT molecular complexity index is 610. The van der Waals surface area contributed by atoms with Crippen LogP contribution in [0.3, 0.4) is 0 Å². The van der Waals surface area contributed by atoms with Crippen molar-refractivity contribution >= 4 is 31.9 Å². The normalized spacial score (nSPS) is 17.6. The summed E-state index contributed by atoms with van der Waals surface area (Å²) >= 11 is 3.29. The molecule has 1 N–H and O–H groups in total. The Labute approximate surface area is 133 Å². The molecule has 0 spiro atoms. The lowest BCUT2D eigenvalue weighted by Gasteiger charge is -2.31. The first-order valence-electron chi connectivity index (χ1n) is 6.99. The first kappa shape index (κ1) is 16.5. The molecular formula is C14H19BrN2O3S. The maximum absolute atomic E-state index is 12.6. The number of nitrogens with one attached hydrogen (secondary N) is 1. The Morgan fingerprint density at radius 1 is 1.33 bits per heavy atom. The third-order valence-corrected chi connectivity index (χ3v) is 6.51. The van der Waals surface area contributed by atoms with Crippen LogP contribution in [0.4, 0.5) is 0 Å². The first-order chi connectivity index (χ1) is 9.95. The number of hydrogen-bond acceptors (Lipinski definition) is 3. The number of amides is 1. The zero-order valence-electron chi connectivity index (χ0n) is 11.9. The molecule has 0 saturated carbocycles. The molecule has 1 amide bonds. The van der Waals surface area contributed by atoms with Crippen LogP contribution in [0.5, 0.6) is 0 Å². The highest BCUT2D eigenvalue weighted by Crippen LogP contribution is 2.26. The largest absolute Gasteiger partial charge is 0.353 e. The topological polar surface area (TPSA) is 66.5 Å². The molecule has 2 rings (SSSR count). The lowest BCUT2D eigenvalue weighted by atomic mass is 10.1. The van der Waals surface area contributed by atoms with Crippen LogP contribution in [0.25, 0.3) is 0 Å². The molecule has 0 atom stereocenters. The highest BCUT2D eigenvalue weighted by atomic mass is 79.9. The average molecular weight is 375 g/mol. The fourth-order valence-corrected chi connectivity index (χ4v) is 4.80. The van der Waals surface area contributed by atoms with E-state index in [1.165, 1.54) is 4.31 Å². The highest BCUT2D eigenvalue weighted by Gasteiger charge is 2.30. The molecule has 5 nitrogen and oxygen atoms in total. The van der Waals surface area contributed by atoms with Gasteiger partial charge in [0.15, 0.2) is 0 Å². The number of sulfonamides is 1. The molecule has 1 aliphatic rings. The number of piperidine rings is 1. The van der Waals surface area contributed by atoms with Crippen LogP contribution in [-0.4, -0.2) is 37.8 Å². The predicted molar refractivity (Wildman–Crippen MR) is 84.4 cm³/mol. The van der Waals surface area contributed by atoms with Crippen molar-refractivity contribution in [2.24, 2.45) is 0 Å². The van der Waals surface area contributed by atoms with Gasteiger partial charge in [0.1, 0.15) is 0 Å². The van der Waals surface area contributed by atoms with Gasteiger partial charge in [-0.15, -0.1) is 0 Å². The SMILES string of the molecule is CCC(=O)NC1CCN(S(=O)(=O)c2ccccc2Br)CC1. The molecule has 0 radical (unpaired) electrons. The third kappa shape index (κ3) is 3.84. The summed E-state index contributed by atoms with van der Waals surface area (Å²) in [6.45, 7) is 2.67.